The van der Waals surface area contributed by atoms with Crippen LogP contribution in [-0.2, 0) is 4.79 Å². The van der Waals surface area contributed by atoms with Gasteiger partial charge in [0.1, 0.15) is 5.82 Å². The van der Waals surface area contributed by atoms with Crippen molar-refractivity contribution in [3.05, 3.63) is 24.4 Å². The number of halogens is 1. The number of piperazine rings is 1. The lowest BCUT2D eigenvalue weighted by Crippen LogP contribution is -2.49. The van der Waals surface area contributed by atoms with Gasteiger partial charge in [0, 0.05) is 51.9 Å². The van der Waals surface area contributed by atoms with Crippen LogP contribution >= 0.6 is 24.0 Å². The Morgan fingerprint density at radius 3 is 2.55 bits per heavy atom. The number of nitrogens with one attached hydrogen (secondary N) is 1. The van der Waals surface area contributed by atoms with Gasteiger partial charge >= 0.3 is 0 Å². The second-order valence-electron chi connectivity index (χ2n) is 7.27. The highest BCUT2D eigenvalue weighted by molar-refractivity contribution is 14.0. The number of amides is 1. The van der Waals surface area contributed by atoms with Gasteiger partial charge < -0.3 is 20.9 Å². The zero-order chi connectivity index (χ0) is 20.0. The molecule has 2 heterocycles. The summed E-state index contributed by atoms with van der Waals surface area (Å²) in [6.07, 6.45) is 9.71. The van der Waals surface area contributed by atoms with E-state index in [0.29, 0.717) is 18.9 Å². The van der Waals surface area contributed by atoms with E-state index in [2.05, 4.69) is 27.1 Å². The Labute approximate surface area is 192 Å². The largest absolute Gasteiger partial charge is 0.370 e. The van der Waals surface area contributed by atoms with E-state index in [4.69, 9.17) is 5.73 Å². The number of carbonyl (C=O) groups is 1. The van der Waals surface area contributed by atoms with E-state index in [1.807, 2.05) is 23.1 Å². The van der Waals surface area contributed by atoms with Crippen LogP contribution in [0.3, 0.4) is 0 Å². The third-order valence-corrected chi connectivity index (χ3v) is 5.04. The normalized spacial score (nSPS) is 14.4. The van der Waals surface area contributed by atoms with Crippen molar-refractivity contribution in [2.75, 3.05) is 44.2 Å². The summed E-state index contributed by atoms with van der Waals surface area (Å²) in [4.78, 5) is 25.2. The second-order valence-corrected chi connectivity index (χ2v) is 7.27. The fourth-order valence-electron chi connectivity index (χ4n) is 3.33. The molecule has 0 aliphatic carbocycles. The number of aliphatic imine (C=N–C) groups is 1. The molecule has 1 aliphatic heterocycles. The van der Waals surface area contributed by atoms with E-state index in [-0.39, 0.29) is 29.9 Å². The standard InChI is InChI=1S/C21H36N6O.HI/c1-2-3-4-5-6-8-13-24-21(22)25-14-11-20(28)27-17-15-26(16-18-27)19-10-7-9-12-23-19;/h7,9-10,12H,2-6,8,11,13-18H2,1H3,(H3,22,24,25);1H. The maximum absolute atomic E-state index is 12.4. The zero-order valence-electron chi connectivity index (χ0n) is 17.7. The molecule has 0 spiro atoms. The molecule has 1 amide bonds. The van der Waals surface area contributed by atoms with Crippen LogP contribution in [0.1, 0.15) is 51.9 Å². The molecule has 0 unspecified atom stereocenters. The summed E-state index contributed by atoms with van der Waals surface area (Å²) in [5, 5.41) is 3.06. The molecule has 7 nitrogen and oxygen atoms in total. The Kier molecular flexibility index (Phi) is 13.4. The van der Waals surface area contributed by atoms with Crippen molar-refractivity contribution >= 4 is 41.7 Å². The van der Waals surface area contributed by atoms with E-state index in [9.17, 15) is 4.79 Å². The molecule has 1 aromatic heterocycles. The number of nitrogens with zero attached hydrogens (tertiary/aromatic N) is 4. The number of hydrogen-bond donors (Lipinski definition) is 2. The average molecular weight is 516 g/mol. The minimum absolute atomic E-state index is 0. The Hall–Kier alpha value is -1.58. The maximum Gasteiger partial charge on any atom is 0.224 e. The summed E-state index contributed by atoms with van der Waals surface area (Å²) in [6.45, 7) is 6.62. The van der Waals surface area contributed by atoms with Gasteiger partial charge in [-0.15, -0.1) is 24.0 Å². The molecule has 1 aromatic rings. The summed E-state index contributed by atoms with van der Waals surface area (Å²) in [7, 11) is 0. The van der Waals surface area contributed by atoms with Crippen molar-refractivity contribution in [2.24, 2.45) is 10.7 Å². The lowest BCUT2D eigenvalue weighted by molar-refractivity contribution is -0.131. The van der Waals surface area contributed by atoms with Crippen LogP contribution in [0.25, 0.3) is 0 Å². The van der Waals surface area contributed by atoms with Crippen LogP contribution in [0.15, 0.2) is 29.4 Å². The molecule has 0 radical (unpaired) electrons. The quantitative estimate of drug-likeness (QED) is 0.205. The van der Waals surface area contributed by atoms with E-state index < -0.39 is 0 Å². The first-order chi connectivity index (χ1) is 13.7. The van der Waals surface area contributed by atoms with Gasteiger partial charge in [-0.2, -0.15) is 0 Å². The number of anilines is 1. The zero-order valence-corrected chi connectivity index (χ0v) is 20.0. The van der Waals surface area contributed by atoms with Gasteiger partial charge in [0.05, 0.1) is 0 Å². The van der Waals surface area contributed by atoms with Gasteiger partial charge in [-0.05, 0) is 18.6 Å². The van der Waals surface area contributed by atoms with E-state index in [0.717, 1.165) is 45.0 Å². The molecule has 0 saturated carbocycles. The molecular formula is C21H37IN6O. The number of pyridine rings is 1. The summed E-state index contributed by atoms with van der Waals surface area (Å²) >= 11 is 0. The van der Waals surface area contributed by atoms with Crippen LogP contribution in [0.5, 0.6) is 0 Å². The molecule has 1 aliphatic rings. The average Bonchev–Trinajstić information content (AvgIpc) is 2.74. The van der Waals surface area contributed by atoms with Crippen molar-refractivity contribution in [1.29, 1.82) is 0 Å². The molecule has 164 valence electrons. The molecule has 0 atom stereocenters. The van der Waals surface area contributed by atoms with E-state index in [1.165, 1.54) is 32.1 Å². The fourth-order valence-corrected chi connectivity index (χ4v) is 3.33. The van der Waals surface area contributed by atoms with Crippen molar-refractivity contribution in [3.8, 4) is 0 Å². The number of unbranched alkanes of at least 4 members (excludes halogenated alkanes) is 5. The van der Waals surface area contributed by atoms with Gasteiger partial charge in [0.25, 0.3) is 0 Å². The number of hydrogen-bond acceptors (Lipinski definition) is 4. The highest BCUT2D eigenvalue weighted by Crippen LogP contribution is 2.12. The van der Waals surface area contributed by atoms with Crippen LogP contribution in [0, 0.1) is 0 Å². The molecule has 0 aromatic carbocycles. The predicted molar refractivity (Wildman–Crippen MR) is 131 cm³/mol. The molecule has 2 rings (SSSR count). The van der Waals surface area contributed by atoms with Gasteiger partial charge in [0.15, 0.2) is 5.96 Å². The van der Waals surface area contributed by atoms with Crippen molar-refractivity contribution in [3.63, 3.8) is 0 Å². The first-order valence-electron chi connectivity index (χ1n) is 10.7. The maximum atomic E-state index is 12.4. The molecule has 0 bridgehead atoms. The molecular weight excluding hydrogens is 479 g/mol. The Balaban J connectivity index is 0.00000420. The van der Waals surface area contributed by atoms with Crippen LogP contribution in [0.2, 0.25) is 0 Å². The molecule has 29 heavy (non-hydrogen) atoms. The SMILES string of the molecule is CCCCCCCCN=C(N)NCCC(=O)N1CCN(c2ccccn2)CC1.I. The number of guanidine groups is 1. The summed E-state index contributed by atoms with van der Waals surface area (Å²) < 4.78 is 0. The Bertz CT molecular complexity index is 590. The first-order valence-corrected chi connectivity index (χ1v) is 10.7. The lowest BCUT2D eigenvalue weighted by Gasteiger charge is -2.35. The predicted octanol–water partition coefficient (Wildman–Crippen LogP) is 3.00. The Morgan fingerprint density at radius 2 is 1.86 bits per heavy atom. The monoisotopic (exact) mass is 516 g/mol. The Morgan fingerprint density at radius 1 is 1.14 bits per heavy atom. The number of nitrogens with two attached hydrogens (primary N) is 1. The summed E-state index contributed by atoms with van der Waals surface area (Å²) in [5.41, 5.74) is 5.88. The highest BCUT2D eigenvalue weighted by Gasteiger charge is 2.21. The third-order valence-electron chi connectivity index (χ3n) is 5.04. The van der Waals surface area contributed by atoms with Gasteiger partial charge in [0.2, 0.25) is 5.91 Å². The molecule has 1 fully saturated rings. The minimum Gasteiger partial charge on any atom is -0.370 e. The van der Waals surface area contributed by atoms with Gasteiger partial charge in [-0.1, -0.05) is 45.1 Å². The lowest BCUT2D eigenvalue weighted by atomic mass is 10.1. The fraction of sp³-hybridized carbons (Fsp3) is 0.667. The van der Waals surface area contributed by atoms with Crippen LogP contribution < -0.4 is 16.0 Å². The topological polar surface area (TPSA) is 86.8 Å². The first kappa shape index (κ1) is 25.5. The number of aromatic nitrogens is 1. The second kappa shape index (κ2) is 15.3. The van der Waals surface area contributed by atoms with E-state index in [1.54, 1.807) is 6.20 Å². The smallest absolute Gasteiger partial charge is 0.224 e. The van der Waals surface area contributed by atoms with Crippen molar-refractivity contribution in [2.45, 2.75) is 51.9 Å². The molecule has 8 heteroatoms. The minimum atomic E-state index is 0. The van der Waals surface area contributed by atoms with Crippen LogP contribution in [0.4, 0.5) is 5.82 Å². The van der Waals surface area contributed by atoms with Crippen molar-refractivity contribution in [1.82, 2.24) is 15.2 Å². The number of carbonyl (C=O) groups excluding carboxylic acids is 1. The van der Waals surface area contributed by atoms with E-state index >= 15 is 0 Å². The third kappa shape index (κ3) is 10.1. The van der Waals surface area contributed by atoms with Gasteiger partial charge in [-0.3, -0.25) is 9.79 Å². The molecule has 3 N–H and O–H groups in total. The number of rotatable bonds is 11. The van der Waals surface area contributed by atoms with Crippen LogP contribution in [-0.4, -0.2) is 61.0 Å². The molecule has 1 saturated heterocycles. The van der Waals surface area contributed by atoms with Gasteiger partial charge in [-0.25, -0.2) is 4.98 Å². The highest BCUT2D eigenvalue weighted by atomic mass is 127. The van der Waals surface area contributed by atoms with Crippen molar-refractivity contribution < 1.29 is 4.79 Å². The summed E-state index contributed by atoms with van der Waals surface area (Å²) in [6, 6.07) is 5.91. The summed E-state index contributed by atoms with van der Waals surface area (Å²) in [5.74, 6) is 1.59.